The minimum Gasteiger partial charge on any atom is -0.416 e. The number of aryl methyl sites for hydroxylation is 1. The molecule has 4 aromatic rings. The normalized spacial score (nSPS) is 13.0. The zero-order valence-electron chi connectivity index (χ0n) is 20.0. The largest absolute Gasteiger partial charge is 0.416 e. The fraction of sp³-hybridized carbons (Fsp3) is 0.214. The van der Waals surface area contributed by atoms with Crippen LogP contribution in [0.25, 0.3) is 22.9 Å². The van der Waals surface area contributed by atoms with Crippen molar-refractivity contribution in [2.45, 2.75) is 26.3 Å². The van der Waals surface area contributed by atoms with Gasteiger partial charge in [0.25, 0.3) is 5.91 Å². The number of urea groups is 1. The monoisotopic (exact) mass is 481 g/mol. The van der Waals surface area contributed by atoms with Crippen molar-refractivity contribution in [1.29, 1.82) is 0 Å². The van der Waals surface area contributed by atoms with Gasteiger partial charge < -0.3 is 20.0 Å². The second-order valence-corrected chi connectivity index (χ2v) is 8.81. The highest BCUT2D eigenvalue weighted by molar-refractivity contribution is 5.94. The lowest BCUT2D eigenvalue weighted by Gasteiger charge is -2.16. The molecule has 0 spiro atoms. The molecule has 0 bridgehead atoms. The maximum Gasteiger partial charge on any atom is 0.321 e. The summed E-state index contributed by atoms with van der Waals surface area (Å²) in [6, 6.07) is 22.3. The van der Waals surface area contributed by atoms with E-state index < -0.39 is 0 Å². The highest BCUT2D eigenvalue weighted by Gasteiger charge is 2.18. The van der Waals surface area contributed by atoms with Gasteiger partial charge in [-0.05, 0) is 73.4 Å². The summed E-state index contributed by atoms with van der Waals surface area (Å²) in [5.41, 5.74) is 4.82. The molecule has 182 valence electrons. The average molecular weight is 482 g/mol. The zero-order chi connectivity index (χ0) is 24.9. The molecule has 1 aliphatic heterocycles. The van der Waals surface area contributed by atoms with E-state index in [4.69, 9.17) is 4.42 Å². The predicted molar refractivity (Wildman–Crippen MR) is 137 cm³/mol. The van der Waals surface area contributed by atoms with Gasteiger partial charge in [-0.3, -0.25) is 4.79 Å². The molecule has 1 aliphatic rings. The number of nitrogens with one attached hydrogen (secondary N) is 2. The van der Waals surface area contributed by atoms with Crippen LogP contribution in [0.2, 0.25) is 0 Å². The first-order valence-corrected chi connectivity index (χ1v) is 12.0. The van der Waals surface area contributed by atoms with Gasteiger partial charge in [0.05, 0.1) is 0 Å². The van der Waals surface area contributed by atoms with E-state index in [-0.39, 0.29) is 11.9 Å². The zero-order valence-corrected chi connectivity index (χ0v) is 20.0. The van der Waals surface area contributed by atoms with Crippen LogP contribution in [0.15, 0.2) is 77.2 Å². The van der Waals surface area contributed by atoms with Crippen LogP contribution in [0.1, 0.15) is 34.3 Å². The number of benzene rings is 3. The van der Waals surface area contributed by atoms with Crippen molar-refractivity contribution in [1.82, 2.24) is 20.4 Å². The molecule has 3 amide bonds. The van der Waals surface area contributed by atoms with E-state index in [1.165, 1.54) is 0 Å². The van der Waals surface area contributed by atoms with Crippen LogP contribution in [-0.2, 0) is 6.54 Å². The van der Waals surface area contributed by atoms with E-state index in [1.54, 1.807) is 24.3 Å². The summed E-state index contributed by atoms with van der Waals surface area (Å²) in [4.78, 5) is 26.8. The van der Waals surface area contributed by atoms with Crippen LogP contribution < -0.4 is 10.6 Å². The molecular formula is C28H27N5O3. The van der Waals surface area contributed by atoms with Crippen molar-refractivity contribution in [2.75, 3.05) is 18.4 Å². The summed E-state index contributed by atoms with van der Waals surface area (Å²) in [6.45, 7) is 3.92. The van der Waals surface area contributed by atoms with Crippen LogP contribution in [0.5, 0.6) is 0 Å². The molecule has 3 aromatic carbocycles. The molecule has 1 saturated heterocycles. The first-order chi connectivity index (χ1) is 17.6. The van der Waals surface area contributed by atoms with E-state index in [2.05, 4.69) is 20.8 Å². The van der Waals surface area contributed by atoms with E-state index >= 15 is 0 Å². The van der Waals surface area contributed by atoms with Crippen LogP contribution in [0, 0.1) is 6.92 Å². The maximum atomic E-state index is 12.7. The highest BCUT2D eigenvalue weighted by Crippen LogP contribution is 2.26. The average Bonchev–Trinajstić information content (AvgIpc) is 3.61. The van der Waals surface area contributed by atoms with Gasteiger partial charge in [-0.2, -0.15) is 0 Å². The molecule has 0 radical (unpaired) electrons. The molecule has 36 heavy (non-hydrogen) atoms. The molecule has 8 nitrogen and oxygen atoms in total. The number of anilines is 1. The van der Waals surface area contributed by atoms with Gasteiger partial charge in [-0.1, -0.05) is 30.3 Å². The van der Waals surface area contributed by atoms with E-state index in [1.807, 2.05) is 60.4 Å². The summed E-state index contributed by atoms with van der Waals surface area (Å²) in [5.74, 6) is 0.663. The number of carbonyl (C=O) groups excluding carboxylic acids is 2. The Morgan fingerprint density at radius 2 is 1.67 bits per heavy atom. The standard InChI is InChI=1S/C28H27N5O3/c1-19-7-2-3-10-24(19)27-32-31-26(36-27)22-13-11-21(12-14-22)25(34)29-18-20-8-6-9-23(17-20)30-28(35)33-15-4-5-16-33/h2-3,6-14,17H,4-5,15-16,18H2,1H3,(H,29,34)(H,30,35). The number of nitrogens with zero attached hydrogens (tertiary/aromatic N) is 3. The summed E-state index contributed by atoms with van der Waals surface area (Å²) >= 11 is 0. The molecule has 5 rings (SSSR count). The lowest BCUT2D eigenvalue weighted by molar-refractivity contribution is 0.0951. The molecule has 1 aromatic heterocycles. The molecule has 0 unspecified atom stereocenters. The molecular weight excluding hydrogens is 454 g/mol. The van der Waals surface area contributed by atoms with E-state index in [9.17, 15) is 9.59 Å². The minimum atomic E-state index is -0.195. The molecule has 2 N–H and O–H groups in total. The van der Waals surface area contributed by atoms with Crippen LogP contribution in [0.3, 0.4) is 0 Å². The van der Waals surface area contributed by atoms with Crippen LogP contribution >= 0.6 is 0 Å². The van der Waals surface area contributed by atoms with Gasteiger partial charge in [0, 0.05) is 42.0 Å². The SMILES string of the molecule is Cc1ccccc1-c1nnc(-c2ccc(C(=O)NCc3cccc(NC(=O)N4CCCC4)c3)cc2)o1. The fourth-order valence-corrected chi connectivity index (χ4v) is 4.19. The number of carbonyl (C=O) groups is 2. The minimum absolute atomic E-state index is 0.0824. The maximum absolute atomic E-state index is 12.7. The summed E-state index contributed by atoms with van der Waals surface area (Å²) in [6.07, 6.45) is 2.09. The molecule has 2 heterocycles. The fourth-order valence-electron chi connectivity index (χ4n) is 4.19. The third-order valence-corrected chi connectivity index (χ3v) is 6.22. The van der Waals surface area contributed by atoms with Gasteiger partial charge in [-0.25, -0.2) is 4.79 Å². The Kier molecular flexibility index (Phi) is 6.75. The first kappa shape index (κ1) is 23.3. The van der Waals surface area contributed by atoms with Crippen LogP contribution in [0.4, 0.5) is 10.5 Å². The van der Waals surface area contributed by atoms with Gasteiger partial charge >= 0.3 is 6.03 Å². The van der Waals surface area contributed by atoms with Crippen molar-refractivity contribution >= 4 is 17.6 Å². The van der Waals surface area contributed by atoms with Crippen molar-refractivity contribution in [2.24, 2.45) is 0 Å². The lowest BCUT2D eigenvalue weighted by atomic mass is 10.1. The van der Waals surface area contributed by atoms with Crippen molar-refractivity contribution in [3.63, 3.8) is 0 Å². The van der Waals surface area contributed by atoms with Crippen LogP contribution in [-0.4, -0.2) is 40.1 Å². The Morgan fingerprint density at radius 3 is 2.44 bits per heavy atom. The molecule has 1 fully saturated rings. The van der Waals surface area contributed by atoms with Gasteiger partial charge in [0.2, 0.25) is 11.8 Å². The number of amides is 3. The topological polar surface area (TPSA) is 100 Å². The molecule has 8 heteroatoms. The van der Waals surface area contributed by atoms with Gasteiger partial charge in [0.15, 0.2) is 0 Å². The third-order valence-electron chi connectivity index (χ3n) is 6.22. The Morgan fingerprint density at radius 1 is 0.917 bits per heavy atom. The molecule has 0 saturated carbocycles. The Hall–Kier alpha value is -4.46. The first-order valence-electron chi connectivity index (χ1n) is 12.0. The Bertz CT molecular complexity index is 1370. The summed E-state index contributed by atoms with van der Waals surface area (Å²) < 4.78 is 5.86. The Balaban J connectivity index is 1.19. The number of likely N-dealkylation sites (tertiary alicyclic amines) is 1. The second kappa shape index (κ2) is 10.4. The Labute approximate surface area is 209 Å². The van der Waals surface area contributed by atoms with E-state index in [0.29, 0.717) is 29.6 Å². The number of aromatic nitrogens is 2. The third kappa shape index (κ3) is 5.27. The van der Waals surface area contributed by atoms with Crippen molar-refractivity contribution in [3.05, 3.63) is 89.5 Å². The summed E-state index contributed by atoms with van der Waals surface area (Å²) in [7, 11) is 0. The molecule has 0 aliphatic carbocycles. The number of rotatable bonds is 6. The van der Waals surface area contributed by atoms with Gasteiger partial charge in [-0.15, -0.1) is 10.2 Å². The van der Waals surface area contributed by atoms with Crippen molar-refractivity contribution in [3.8, 4) is 22.9 Å². The smallest absolute Gasteiger partial charge is 0.321 e. The van der Waals surface area contributed by atoms with E-state index in [0.717, 1.165) is 48.2 Å². The van der Waals surface area contributed by atoms with Crippen molar-refractivity contribution < 1.29 is 14.0 Å². The number of hydrogen-bond donors (Lipinski definition) is 2. The second-order valence-electron chi connectivity index (χ2n) is 8.81. The lowest BCUT2D eigenvalue weighted by Crippen LogP contribution is -2.32. The summed E-state index contributed by atoms with van der Waals surface area (Å²) in [5, 5.41) is 14.2. The predicted octanol–water partition coefficient (Wildman–Crippen LogP) is 5.27. The highest BCUT2D eigenvalue weighted by atomic mass is 16.4. The van der Waals surface area contributed by atoms with Gasteiger partial charge in [0.1, 0.15) is 0 Å². The number of hydrogen-bond acceptors (Lipinski definition) is 5. The molecule has 0 atom stereocenters. The quantitative estimate of drug-likeness (QED) is 0.391.